The predicted octanol–water partition coefficient (Wildman–Crippen LogP) is 2.27. The number of nitrogens with zero attached hydrogens (tertiary/aromatic N) is 2. The van der Waals surface area contributed by atoms with E-state index in [1.165, 1.54) is 11.3 Å². The van der Waals surface area contributed by atoms with Crippen LogP contribution in [0.5, 0.6) is 0 Å². The summed E-state index contributed by atoms with van der Waals surface area (Å²) < 4.78 is 0. The van der Waals surface area contributed by atoms with Crippen LogP contribution in [0.25, 0.3) is 0 Å². The summed E-state index contributed by atoms with van der Waals surface area (Å²) >= 11 is 1.51. The highest BCUT2D eigenvalue weighted by molar-refractivity contribution is 7.07. The average Bonchev–Trinajstić information content (AvgIpc) is 3.20. The highest BCUT2D eigenvalue weighted by atomic mass is 32.1. The van der Waals surface area contributed by atoms with Crippen LogP contribution in [-0.2, 0) is 0 Å². The molecule has 2 heterocycles. The van der Waals surface area contributed by atoms with Crippen molar-refractivity contribution in [1.29, 1.82) is 0 Å². The molecule has 3 rings (SSSR count). The van der Waals surface area contributed by atoms with E-state index in [2.05, 4.69) is 20.6 Å². The summed E-state index contributed by atoms with van der Waals surface area (Å²) in [7, 11) is 0. The third-order valence-corrected chi connectivity index (χ3v) is 3.96. The largest absolute Gasteiger partial charge is 0.387 e. The molecule has 0 aromatic carbocycles. The molecule has 1 atom stereocenters. The Labute approximate surface area is 126 Å². The second-order valence-electron chi connectivity index (χ2n) is 5.01. The monoisotopic (exact) mass is 304 g/mol. The smallest absolute Gasteiger partial charge is 0.319 e. The molecule has 1 aliphatic carbocycles. The number of aliphatic hydroxyl groups is 1. The van der Waals surface area contributed by atoms with Crippen LogP contribution in [0.2, 0.25) is 0 Å². The quantitative estimate of drug-likeness (QED) is 0.791. The molecule has 0 saturated heterocycles. The van der Waals surface area contributed by atoms with Crippen molar-refractivity contribution in [2.24, 2.45) is 0 Å². The van der Waals surface area contributed by atoms with Crippen LogP contribution in [0.3, 0.4) is 0 Å². The van der Waals surface area contributed by atoms with Crippen LogP contribution in [0.15, 0.2) is 29.2 Å². The molecule has 110 valence electrons. The predicted molar refractivity (Wildman–Crippen MR) is 80.3 cm³/mol. The van der Waals surface area contributed by atoms with Crippen LogP contribution >= 0.6 is 11.3 Å². The van der Waals surface area contributed by atoms with Gasteiger partial charge in [0.15, 0.2) is 0 Å². The number of amides is 2. The van der Waals surface area contributed by atoms with Gasteiger partial charge in [-0.2, -0.15) is 11.3 Å². The number of urea groups is 1. The Bertz CT molecular complexity index is 596. The van der Waals surface area contributed by atoms with E-state index in [9.17, 15) is 9.90 Å². The normalized spacial score (nSPS) is 15.5. The van der Waals surface area contributed by atoms with E-state index in [4.69, 9.17) is 0 Å². The van der Waals surface area contributed by atoms with E-state index in [-0.39, 0.29) is 12.6 Å². The van der Waals surface area contributed by atoms with E-state index in [1.807, 2.05) is 16.8 Å². The van der Waals surface area contributed by atoms with Gasteiger partial charge in [-0.1, -0.05) is 0 Å². The van der Waals surface area contributed by atoms with Gasteiger partial charge < -0.3 is 15.7 Å². The molecular formula is C14H16N4O2S. The molecule has 1 unspecified atom stereocenters. The first-order chi connectivity index (χ1) is 10.2. The van der Waals surface area contributed by atoms with Gasteiger partial charge in [0.05, 0.1) is 24.2 Å². The second kappa shape index (κ2) is 6.19. The lowest BCUT2D eigenvalue weighted by Crippen LogP contribution is -2.32. The van der Waals surface area contributed by atoms with Crippen molar-refractivity contribution in [2.75, 3.05) is 11.9 Å². The number of rotatable bonds is 5. The number of aromatic nitrogens is 2. The first kappa shape index (κ1) is 14.0. The lowest BCUT2D eigenvalue weighted by atomic mass is 10.2. The molecule has 0 spiro atoms. The van der Waals surface area contributed by atoms with Crippen LogP contribution in [0.4, 0.5) is 10.5 Å². The highest BCUT2D eigenvalue weighted by Crippen LogP contribution is 2.37. The molecule has 3 N–H and O–H groups in total. The Hall–Kier alpha value is -1.99. The molecule has 7 heteroatoms. The molecule has 0 bridgehead atoms. The average molecular weight is 304 g/mol. The molecule has 2 amide bonds. The third-order valence-electron chi connectivity index (χ3n) is 3.26. The first-order valence-corrected chi connectivity index (χ1v) is 7.73. The van der Waals surface area contributed by atoms with Gasteiger partial charge in [-0.15, -0.1) is 0 Å². The van der Waals surface area contributed by atoms with Gasteiger partial charge in [-0.3, -0.25) is 0 Å². The van der Waals surface area contributed by atoms with E-state index >= 15 is 0 Å². The van der Waals surface area contributed by atoms with Crippen molar-refractivity contribution in [1.82, 2.24) is 15.3 Å². The third kappa shape index (κ3) is 3.77. The minimum Gasteiger partial charge on any atom is -0.387 e. The van der Waals surface area contributed by atoms with Gasteiger partial charge in [0, 0.05) is 12.5 Å². The number of hydrogen-bond acceptors (Lipinski definition) is 5. The van der Waals surface area contributed by atoms with Crippen LogP contribution in [-0.4, -0.2) is 27.7 Å². The fourth-order valence-electron chi connectivity index (χ4n) is 1.90. The van der Waals surface area contributed by atoms with E-state index in [0.717, 1.165) is 24.2 Å². The van der Waals surface area contributed by atoms with Crippen molar-refractivity contribution >= 4 is 23.1 Å². The summed E-state index contributed by atoms with van der Waals surface area (Å²) in [5.74, 6) is 1.34. The number of hydrogen-bond donors (Lipinski definition) is 3. The number of thiophene rings is 1. The Morgan fingerprint density at radius 1 is 1.43 bits per heavy atom. The standard InChI is InChI=1S/C14H16N4O2S/c19-12(10-3-4-21-8-10)7-17-14(20)18-11-5-15-13(16-6-11)9-1-2-9/h3-6,8-9,12,19H,1-2,7H2,(H2,17,18,20). The Morgan fingerprint density at radius 3 is 2.81 bits per heavy atom. The molecule has 0 aliphatic heterocycles. The summed E-state index contributed by atoms with van der Waals surface area (Å²) in [6.07, 6.45) is 4.81. The first-order valence-electron chi connectivity index (χ1n) is 6.79. The Morgan fingerprint density at radius 2 is 2.19 bits per heavy atom. The molecule has 1 fully saturated rings. The SMILES string of the molecule is O=C(NCC(O)c1ccsc1)Nc1cnc(C2CC2)nc1. The van der Waals surface area contributed by atoms with Crippen LogP contribution in [0.1, 0.15) is 36.3 Å². The number of anilines is 1. The fraction of sp³-hybridized carbons (Fsp3) is 0.357. The molecular weight excluding hydrogens is 288 g/mol. The molecule has 1 saturated carbocycles. The topological polar surface area (TPSA) is 87.1 Å². The van der Waals surface area contributed by atoms with E-state index < -0.39 is 6.10 Å². The molecule has 2 aromatic heterocycles. The molecule has 2 aromatic rings. The van der Waals surface area contributed by atoms with Gasteiger partial charge in [-0.05, 0) is 35.2 Å². The summed E-state index contributed by atoms with van der Waals surface area (Å²) in [4.78, 5) is 20.2. The fourth-order valence-corrected chi connectivity index (χ4v) is 2.61. The maximum atomic E-state index is 11.7. The number of nitrogens with one attached hydrogen (secondary N) is 2. The zero-order valence-electron chi connectivity index (χ0n) is 11.3. The van der Waals surface area contributed by atoms with Crippen molar-refractivity contribution in [2.45, 2.75) is 24.9 Å². The van der Waals surface area contributed by atoms with Gasteiger partial charge in [0.2, 0.25) is 0 Å². The number of carbonyl (C=O) groups excluding carboxylic acids is 1. The van der Waals surface area contributed by atoms with Crippen molar-refractivity contribution in [3.63, 3.8) is 0 Å². The van der Waals surface area contributed by atoms with Gasteiger partial charge in [-0.25, -0.2) is 14.8 Å². The Balaban J connectivity index is 1.47. The van der Waals surface area contributed by atoms with Gasteiger partial charge in [0.1, 0.15) is 5.82 Å². The molecule has 0 radical (unpaired) electrons. The molecule has 1 aliphatic rings. The second-order valence-corrected chi connectivity index (χ2v) is 5.79. The number of aliphatic hydroxyl groups excluding tert-OH is 1. The molecule has 6 nitrogen and oxygen atoms in total. The lowest BCUT2D eigenvalue weighted by Gasteiger charge is -2.11. The lowest BCUT2D eigenvalue weighted by molar-refractivity contribution is 0.175. The van der Waals surface area contributed by atoms with Crippen molar-refractivity contribution in [3.8, 4) is 0 Å². The van der Waals surface area contributed by atoms with E-state index in [0.29, 0.717) is 11.6 Å². The maximum Gasteiger partial charge on any atom is 0.319 e. The zero-order chi connectivity index (χ0) is 14.7. The highest BCUT2D eigenvalue weighted by Gasteiger charge is 2.26. The van der Waals surface area contributed by atoms with Gasteiger partial charge in [0.25, 0.3) is 0 Å². The summed E-state index contributed by atoms with van der Waals surface area (Å²) in [5.41, 5.74) is 1.35. The van der Waals surface area contributed by atoms with Crippen LogP contribution < -0.4 is 10.6 Å². The zero-order valence-corrected chi connectivity index (χ0v) is 12.1. The summed E-state index contributed by atoms with van der Waals surface area (Å²) in [6, 6.07) is 1.45. The summed E-state index contributed by atoms with van der Waals surface area (Å²) in [5, 5.41) is 18.9. The minimum atomic E-state index is -0.699. The Kier molecular flexibility index (Phi) is 4.12. The van der Waals surface area contributed by atoms with Gasteiger partial charge >= 0.3 is 6.03 Å². The summed E-state index contributed by atoms with van der Waals surface area (Å²) in [6.45, 7) is 0.156. The maximum absolute atomic E-state index is 11.7. The minimum absolute atomic E-state index is 0.156. The van der Waals surface area contributed by atoms with E-state index in [1.54, 1.807) is 12.4 Å². The number of carbonyl (C=O) groups is 1. The molecule has 21 heavy (non-hydrogen) atoms. The van der Waals surface area contributed by atoms with Crippen molar-refractivity contribution < 1.29 is 9.90 Å². The van der Waals surface area contributed by atoms with Crippen LogP contribution in [0, 0.1) is 0 Å². The van der Waals surface area contributed by atoms with Crippen molar-refractivity contribution in [3.05, 3.63) is 40.6 Å².